The average molecular weight is 293 g/mol. The molecular formula is C14H19N3O4. The molecule has 1 amide bonds. The standard InChI is InChI=1S/C14H19N3O4/c18-14(6-9-21-13-4-7-15-8-5-13)16-11-2-1-3-12(10-11)17(19)20/h1-3,10,13,15H,4-9H2,(H,16,18). The van der Waals surface area contributed by atoms with Crippen LogP contribution in [0.5, 0.6) is 0 Å². The number of carbonyl (C=O) groups is 1. The van der Waals surface area contributed by atoms with Gasteiger partial charge in [-0.05, 0) is 32.0 Å². The molecule has 0 aliphatic carbocycles. The van der Waals surface area contributed by atoms with Crippen molar-refractivity contribution >= 4 is 17.3 Å². The average Bonchev–Trinajstić information content (AvgIpc) is 2.48. The molecule has 0 unspecified atom stereocenters. The lowest BCUT2D eigenvalue weighted by atomic mass is 10.1. The van der Waals surface area contributed by atoms with Crippen LogP contribution in [-0.2, 0) is 9.53 Å². The van der Waals surface area contributed by atoms with Crippen molar-refractivity contribution in [3.05, 3.63) is 34.4 Å². The Kier molecular flexibility index (Phi) is 5.65. The van der Waals surface area contributed by atoms with Crippen LogP contribution in [0, 0.1) is 10.1 Å². The van der Waals surface area contributed by atoms with E-state index in [1.54, 1.807) is 12.1 Å². The first-order valence-corrected chi connectivity index (χ1v) is 7.02. The number of ether oxygens (including phenoxy) is 1. The molecule has 0 bridgehead atoms. The van der Waals surface area contributed by atoms with E-state index in [0.717, 1.165) is 25.9 Å². The monoisotopic (exact) mass is 293 g/mol. The first-order valence-electron chi connectivity index (χ1n) is 7.02. The second-order valence-corrected chi connectivity index (χ2v) is 4.93. The van der Waals surface area contributed by atoms with Gasteiger partial charge in [-0.15, -0.1) is 0 Å². The summed E-state index contributed by atoms with van der Waals surface area (Å²) >= 11 is 0. The molecule has 1 aliphatic heterocycles. The van der Waals surface area contributed by atoms with E-state index in [0.29, 0.717) is 12.3 Å². The third-order valence-corrected chi connectivity index (χ3v) is 3.31. The number of hydrogen-bond donors (Lipinski definition) is 2. The van der Waals surface area contributed by atoms with Crippen molar-refractivity contribution in [2.24, 2.45) is 0 Å². The number of benzene rings is 1. The maximum absolute atomic E-state index is 11.8. The first kappa shape index (κ1) is 15.4. The predicted octanol–water partition coefficient (Wildman–Crippen LogP) is 1.69. The summed E-state index contributed by atoms with van der Waals surface area (Å²) in [6, 6.07) is 5.89. The highest BCUT2D eigenvalue weighted by Crippen LogP contribution is 2.17. The molecule has 1 aromatic carbocycles. The molecule has 2 N–H and O–H groups in total. The number of rotatable bonds is 6. The van der Waals surface area contributed by atoms with Crippen LogP contribution in [0.4, 0.5) is 11.4 Å². The molecule has 2 rings (SSSR count). The zero-order valence-corrected chi connectivity index (χ0v) is 11.7. The van der Waals surface area contributed by atoms with Gasteiger partial charge < -0.3 is 15.4 Å². The molecule has 7 heteroatoms. The van der Waals surface area contributed by atoms with Crippen LogP contribution in [0.15, 0.2) is 24.3 Å². The van der Waals surface area contributed by atoms with Gasteiger partial charge in [-0.2, -0.15) is 0 Å². The van der Waals surface area contributed by atoms with E-state index in [2.05, 4.69) is 10.6 Å². The molecule has 1 fully saturated rings. The number of carbonyl (C=O) groups excluding carboxylic acids is 1. The summed E-state index contributed by atoms with van der Waals surface area (Å²) < 4.78 is 5.64. The second-order valence-electron chi connectivity index (χ2n) is 4.93. The molecule has 0 atom stereocenters. The van der Waals surface area contributed by atoms with Crippen molar-refractivity contribution in [1.29, 1.82) is 0 Å². The molecule has 0 radical (unpaired) electrons. The van der Waals surface area contributed by atoms with Gasteiger partial charge in [0.05, 0.1) is 24.1 Å². The van der Waals surface area contributed by atoms with Crippen LogP contribution < -0.4 is 10.6 Å². The molecule has 1 saturated heterocycles. The van der Waals surface area contributed by atoms with Crippen LogP contribution in [0.2, 0.25) is 0 Å². The quantitative estimate of drug-likeness (QED) is 0.615. The van der Waals surface area contributed by atoms with Crippen molar-refractivity contribution < 1.29 is 14.5 Å². The van der Waals surface area contributed by atoms with Crippen molar-refractivity contribution in [3.63, 3.8) is 0 Å². The van der Waals surface area contributed by atoms with E-state index in [1.165, 1.54) is 12.1 Å². The van der Waals surface area contributed by atoms with Gasteiger partial charge in [-0.3, -0.25) is 14.9 Å². The molecule has 1 aromatic rings. The van der Waals surface area contributed by atoms with E-state index in [9.17, 15) is 14.9 Å². The van der Waals surface area contributed by atoms with Gasteiger partial charge in [0, 0.05) is 17.8 Å². The van der Waals surface area contributed by atoms with Crippen LogP contribution >= 0.6 is 0 Å². The summed E-state index contributed by atoms with van der Waals surface area (Å²) in [5.41, 5.74) is 0.384. The molecule has 7 nitrogen and oxygen atoms in total. The summed E-state index contributed by atoms with van der Waals surface area (Å²) in [6.07, 6.45) is 2.39. The molecule has 1 heterocycles. The Morgan fingerprint density at radius 3 is 2.90 bits per heavy atom. The Balaban J connectivity index is 1.73. The van der Waals surface area contributed by atoms with Gasteiger partial charge in [0.1, 0.15) is 0 Å². The minimum absolute atomic E-state index is 0.0428. The fourth-order valence-electron chi connectivity index (χ4n) is 2.20. The van der Waals surface area contributed by atoms with E-state index in [4.69, 9.17) is 4.74 Å². The van der Waals surface area contributed by atoms with E-state index in [1.807, 2.05) is 0 Å². The Bertz CT molecular complexity index is 501. The minimum Gasteiger partial charge on any atom is -0.378 e. The Morgan fingerprint density at radius 1 is 1.43 bits per heavy atom. The summed E-state index contributed by atoms with van der Waals surface area (Å²) in [7, 11) is 0. The third kappa shape index (κ3) is 5.13. The minimum atomic E-state index is -0.490. The van der Waals surface area contributed by atoms with Crippen molar-refractivity contribution in [3.8, 4) is 0 Å². The van der Waals surface area contributed by atoms with Gasteiger partial charge in [0.2, 0.25) is 5.91 Å². The summed E-state index contributed by atoms with van der Waals surface area (Å²) in [6.45, 7) is 2.26. The smallest absolute Gasteiger partial charge is 0.271 e. The molecule has 1 aliphatic rings. The molecule has 0 aromatic heterocycles. The van der Waals surface area contributed by atoms with Gasteiger partial charge in [-0.25, -0.2) is 0 Å². The number of nitro groups is 1. The molecular weight excluding hydrogens is 274 g/mol. The number of non-ortho nitro benzene ring substituents is 1. The lowest BCUT2D eigenvalue weighted by Crippen LogP contribution is -2.33. The Labute approximate surface area is 122 Å². The maximum atomic E-state index is 11.8. The Morgan fingerprint density at radius 2 is 2.19 bits per heavy atom. The zero-order valence-electron chi connectivity index (χ0n) is 11.7. The molecule has 21 heavy (non-hydrogen) atoms. The molecule has 114 valence electrons. The fourth-order valence-corrected chi connectivity index (χ4v) is 2.20. The third-order valence-electron chi connectivity index (χ3n) is 3.31. The molecule has 0 saturated carbocycles. The lowest BCUT2D eigenvalue weighted by Gasteiger charge is -2.22. The van der Waals surface area contributed by atoms with Crippen LogP contribution in [0.1, 0.15) is 19.3 Å². The SMILES string of the molecule is O=C(CCOC1CCNCC1)Nc1cccc([N+](=O)[O-])c1. The summed E-state index contributed by atoms with van der Waals surface area (Å²) in [5.74, 6) is -0.204. The highest BCUT2D eigenvalue weighted by atomic mass is 16.6. The largest absolute Gasteiger partial charge is 0.378 e. The Hall–Kier alpha value is -1.99. The van der Waals surface area contributed by atoms with Crippen LogP contribution in [-0.4, -0.2) is 36.6 Å². The second kappa shape index (κ2) is 7.70. The van der Waals surface area contributed by atoms with Gasteiger partial charge in [0.25, 0.3) is 5.69 Å². The van der Waals surface area contributed by atoms with Gasteiger partial charge in [0.15, 0.2) is 0 Å². The van der Waals surface area contributed by atoms with E-state index in [-0.39, 0.29) is 24.1 Å². The normalized spacial score (nSPS) is 15.6. The van der Waals surface area contributed by atoms with Crippen molar-refractivity contribution in [2.75, 3.05) is 25.0 Å². The number of hydrogen-bond acceptors (Lipinski definition) is 5. The predicted molar refractivity (Wildman–Crippen MR) is 78.2 cm³/mol. The maximum Gasteiger partial charge on any atom is 0.271 e. The number of anilines is 1. The first-order chi connectivity index (χ1) is 10.1. The zero-order chi connectivity index (χ0) is 15.1. The number of piperidine rings is 1. The van der Waals surface area contributed by atoms with E-state index >= 15 is 0 Å². The number of amides is 1. The highest BCUT2D eigenvalue weighted by molar-refractivity contribution is 5.91. The summed E-state index contributed by atoms with van der Waals surface area (Å²) in [4.78, 5) is 21.9. The van der Waals surface area contributed by atoms with Gasteiger partial charge >= 0.3 is 0 Å². The number of nitrogens with zero attached hydrogens (tertiary/aromatic N) is 1. The van der Waals surface area contributed by atoms with Gasteiger partial charge in [-0.1, -0.05) is 6.07 Å². The number of nitro benzene ring substituents is 1. The number of nitrogens with one attached hydrogen (secondary N) is 2. The fraction of sp³-hybridized carbons (Fsp3) is 0.500. The topological polar surface area (TPSA) is 93.5 Å². The molecule has 0 spiro atoms. The lowest BCUT2D eigenvalue weighted by molar-refractivity contribution is -0.384. The van der Waals surface area contributed by atoms with Crippen LogP contribution in [0.25, 0.3) is 0 Å². The van der Waals surface area contributed by atoms with Crippen molar-refractivity contribution in [1.82, 2.24) is 5.32 Å². The highest BCUT2D eigenvalue weighted by Gasteiger charge is 2.14. The summed E-state index contributed by atoms with van der Waals surface area (Å²) in [5, 5.41) is 16.5. The van der Waals surface area contributed by atoms with E-state index < -0.39 is 4.92 Å². The van der Waals surface area contributed by atoms with Crippen molar-refractivity contribution in [2.45, 2.75) is 25.4 Å². The van der Waals surface area contributed by atoms with Crippen LogP contribution in [0.3, 0.4) is 0 Å².